The Morgan fingerprint density at radius 3 is 2.33 bits per heavy atom. The molecule has 1 unspecified atom stereocenters. The zero-order chi connectivity index (χ0) is 13.9. The van der Waals surface area contributed by atoms with Crippen LogP contribution < -0.4 is 0 Å². The number of esters is 1. The maximum Gasteiger partial charge on any atom is 0.303 e. The molecule has 0 aliphatic rings. The van der Waals surface area contributed by atoms with Crippen molar-refractivity contribution in [1.29, 1.82) is 0 Å². The Morgan fingerprint density at radius 1 is 1.28 bits per heavy atom. The van der Waals surface area contributed by atoms with Crippen LogP contribution in [0.2, 0.25) is 0 Å². The van der Waals surface area contributed by atoms with Crippen molar-refractivity contribution >= 4 is 17.3 Å². The molecule has 0 saturated heterocycles. The molecule has 0 bridgehead atoms. The smallest absolute Gasteiger partial charge is 0.303 e. The van der Waals surface area contributed by atoms with Crippen LogP contribution in [0.4, 0.5) is 11.4 Å². The minimum absolute atomic E-state index is 0.112. The van der Waals surface area contributed by atoms with Gasteiger partial charge in [0.15, 0.2) is 0 Å². The number of nitrogens with zero attached hydrogens (tertiary/aromatic N) is 2. The first-order valence-electron chi connectivity index (χ1n) is 4.93. The Morgan fingerprint density at radius 2 is 1.89 bits per heavy atom. The van der Waals surface area contributed by atoms with Gasteiger partial charge in [-0.3, -0.25) is 25.0 Å². The predicted octanol–water partition coefficient (Wildman–Crippen LogP) is 2.13. The molecule has 1 rings (SSSR count). The molecule has 0 aromatic heterocycles. The van der Waals surface area contributed by atoms with E-state index >= 15 is 0 Å². The maximum atomic E-state index is 10.8. The highest BCUT2D eigenvalue weighted by Gasteiger charge is 2.24. The molecule has 96 valence electrons. The highest BCUT2D eigenvalue weighted by molar-refractivity contribution is 5.66. The van der Waals surface area contributed by atoms with Gasteiger partial charge >= 0.3 is 5.97 Å². The van der Waals surface area contributed by atoms with E-state index in [1.165, 1.54) is 19.9 Å². The maximum absolute atomic E-state index is 10.8. The first-order chi connectivity index (χ1) is 8.32. The van der Waals surface area contributed by atoms with E-state index in [0.717, 1.165) is 12.1 Å². The van der Waals surface area contributed by atoms with Crippen LogP contribution in [0, 0.1) is 20.2 Å². The average Bonchev–Trinajstić information content (AvgIpc) is 2.26. The van der Waals surface area contributed by atoms with Gasteiger partial charge < -0.3 is 4.74 Å². The molecule has 0 fully saturated rings. The van der Waals surface area contributed by atoms with E-state index in [4.69, 9.17) is 4.74 Å². The van der Waals surface area contributed by atoms with Crippen molar-refractivity contribution in [3.05, 3.63) is 44.0 Å². The molecule has 1 atom stereocenters. The summed E-state index contributed by atoms with van der Waals surface area (Å²) in [5.74, 6) is -0.588. The number of carbonyl (C=O) groups excluding carboxylic acids is 1. The normalized spacial score (nSPS) is 11.7. The van der Waals surface area contributed by atoms with Crippen LogP contribution >= 0.6 is 0 Å². The van der Waals surface area contributed by atoms with Gasteiger partial charge in [0.25, 0.3) is 11.4 Å². The summed E-state index contributed by atoms with van der Waals surface area (Å²) in [4.78, 5) is 30.7. The summed E-state index contributed by atoms with van der Waals surface area (Å²) in [7, 11) is 0. The Hall–Kier alpha value is -2.51. The number of nitro benzene ring substituents is 2. The fourth-order valence-corrected chi connectivity index (χ4v) is 1.46. The third-order valence-electron chi connectivity index (χ3n) is 2.20. The average molecular weight is 254 g/mol. The molecule has 0 radical (unpaired) electrons. The third kappa shape index (κ3) is 3.00. The summed E-state index contributed by atoms with van der Waals surface area (Å²) < 4.78 is 4.81. The van der Waals surface area contributed by atoms with Crippen molar-refractivity contribution in [3.63, 3.8) is 0 Å². The summed E-state index contributed by atoms with van der Waals surface area (Å²) in [5, 5.41) is 21.4. The van der Waals surface area contributed by atoms with E-state index in [1.54, 1.807) is 0 Å². The number of benzene rings is 1. The Labute approximate surface area is 101 Å². The largest absolute Gasteiger partial charge is 0.458 e. The van der Waals surface area contributed by atoms with Gasteiger partial charge in [-0.2, -0.15) is 0 Å². The van der Waals surface area contributed by atoms with Crippen LogP contribution in [0.3, 0.4) is 0 Å². The lowest BCUT2D eigenvalue weighted by Crippen LogP contribution is -2.07. The minimum Gasteiger partial charge on any atom is -0.458 e. The van der Waals surface area contributed by atoms with Gasteiger partial charge in [0.2, 0.25) is 0 Å². The summed E-state index contributed by atoms with van der Waals surface area (Å²) in [5.41, 5.74) is -0.723. The van der Waals surface area contributed by atoms with Gasteiger partial charge in [0.05, 0.1) is 21.5 Å². The SMILES string of the molecule is CC(=O)OC(C)c1ccc([N+](=O)[O-])cc1[N+](=O)[O-]. The molecule has 0 aliphatic heterocycles. The van der Waals surface area contributed by atoms with Crippen molar-refractivity contribution in [2.75, 3.05) is 0 Å². The number of carbonyl (C=O) groups is 1. The molecule has 0 amide bonds. The molecule has 0 saturated carbocycles. The number of hydrogen-bond donors (Lipinski definition) is 0. The standard InChI is InChI=1S/C10H10N2O6/c1-6(18-7(2)13)9-4-3-8(11(14)15)5-10(9)12(16)17/h3-6H,1-2H3. The van der Waals surface area contributed by atoms with Crippen molar-refractivity contribution < 1.29 is 19.4 Å². The number of rotatable bonds is 4. The van der Waals surface area contributed by atoms with Gasteiger partial charge in [-0.15, -0.1) is 0 Å². The zero-order valence-electron chi connectivity index (χ0n) is 9.65. The first kappa shape index (κ1) is 13.6. The van der Waals surface area contributed by atoms with Crippen molar-refractivity contribution in [1.82, 2.24) is 0 Å². The molecule has 18 heavy (non-hydrogen) atoms. The van der Waals surface area contributed by atoms with Crippen LogP contribution in [0.1, 0.15) is 25.5 Å². The zero-order valence-corrected chi connectivity index (χ0v) is 9.65. The number of non-ortho nitro benzene ring substituents is 1. The highest BCUT2D eigenvalue weighted by Crippen LogP contribution is 2.30. The fourth-order valence-electron chi connectivity index (χ4n) is 1.46. The molecular weight excluding hydrogens is 244 g/mol. The predicted molar refractivity (Wildman–Crippen MR) is 59.9 cm³/mol. The topological polar surface area (TPSA) is 113 Å². The lowest BCUT2D eigenvalue weighted by atomic mass is 10.1. The van der Waals surface area contributed by atoms with E-state index < -0.39 is 27.6 Å². The molecule has 1 aromatic carbocycles. The molecule has 1 aromatic rings. The molecule has 0 heterocycles. The summed E-state index contributed by atoms with van der Waals surface area (Å²) in [6, 6.07) is 3.18. The lowest BCUT2D eigenvalue weighted by Gasteiger charge is -2.11. The quantitative estimate of drug-likeness (QED) is 0.462. The molecule has 8 heteroatoms. The van der Waals surface area contributed by atoms with E-state index in [9.17, 15) is 25.0 Å². The molecule has 8 nitrogen and oxygen atoms in total. The monoisotopic (exact) mass is 254 g/mol. The van der Waals surface area contributed by atoms with Crippen molar-refractivity contribution in [3.8, 4) is 0 Å². The molecule has 0 N–H and O–H groups in total. The second kappa shape index (κ2) is 5.21. The van der Waals surface area contributed by atoms with Gasteiger partial charge in [-0.1, -0.05) is 0 Å². The van der Waals surface area contributed by atoms with Gasteiger partial charge in [-0.05, 0) is 13.0 Å². The second-order valence-electron chi connectivity index (χ2n) is 3.51. The van der Waals surface area contributed by atoms with E-state index in [-0.39, 0.29) is 11.3 Å². The Bertz CT molecular complexity index is 513. The highest BCUT2D eigenvalue weighted by atomic mass is 16.6. The van der Waals surface area contributed by atoms with E-state index in [0.29, 0.717) is 0 Å². The van der Waals surface area contributed by atoms with E-state index in [2.05, 4.69) is 0 Å². The van der Waals surface area contributed by atoms with E-state index in [1.807, 2.05) is 0 Å². The summed E-state index contributed by atoms with van der Waals surface area (Å²) in [6.45, 7) is 2.63. The lowest BCUT2D eigenvalue weighted by molar-refractivity contribution is -0.394. The van der Waals surface area contributed by atoms with Gasteiger partial charge in [0, 0.05) is 13.0 Å². The van der Waals surface area contributed by atoms with Crippen LogP contribution in [-0.4, -0.2) is 15.8 Å². The second-order valence-corrected chi connectivity index (χ2v) is 3.51. The van der Waals surface area contributed by atoms with Crippen LogP contribution in [0.25, 0.3) is 0 Å². The van der Waals surface area contributed by atoms with Crippen LogP contribution in [-0.2, 0) is 9.53 Å². The molecule has 0 spiro atoms. The minimum atomic E-state index is -0.844. The Balaban J connectivity index is 3.23. The van der Waals surface area contributed by atoms with Crippen molar-refractivity contribution in [2.24, 2.45) is 0 Å². The van der Waals surface area contributed by atoms with Crippen LogP contribution in [0.15, 0.2) is 18.2 Å². The number of ether oxygens (including phenoxy) is 1. The fraction of sp³-hybridized carbons (Fsp3) is 0.300. The number of hydrogen-bond acceptors (Lipinski definition) is 6. The Kier molecular flexibility index (Phi) is 3.93. The summed E-state index contributed by atoms with van der Waals surface area (Å²) >= 11 is 0. The molecular formula is C10H10N2O6. The number of nitro groups is 2. The van der Waals surface area contributed by atoms with Gasteiger partial charge in [-0.25, -0.2) is 0 Å². The van der Waals surface area contributed by atoms with Gasteiger partial charge in [0.1, 0.15) is 6.10 Å². The first-order valence-corrected chi connectivity index (χ1v) is 4.93. The van der Waals surface area contributed by atoms with Crippen molar-refractivity contribution in [2.45, 2.75) is 20.0 Å². The summed E-state index contributed by atoms with van der Waals surface area (Å²) in [6.07, 6.45) is -0.844. The third-order valence-corrected chi connectivity index (χ3v) is 2.20. The molecule has 0 aliphatic carbocycles. The van der Waals surface area contributed by atoms with Crippen LogP contribution in [0.5, 0.6) is 0 Å².